The van der Waals surface area contributed by atoms with Crippen molar-refractivity contribution in [3.63, 3.8) is 0 Å². The topological polar surface area (TPSA) is 23.8 Å². The first-order chi connectivity index (χ1) is 8.04. The third-order valence-corrected chi connectivity index (χ3v) is 3.62. The van der Waals surface area contributed by atoms with Gasteiger partial charge in [-0.15, -0.1) is 0 Å². The molecule has 0 N–H and O–H groups in total. The van der Waals surface area contributed by atoms with Crippen LogP contribution in [-0.2, 0) is 6.42 Å². The molecule has 0 amide bonds. The Morgan fingerprint density at radius 1 is 1.41 bits per heavy atom. The molecular weight excluding hydrogens is 220 g/mol. The summed E-state index contributed by atoms with van der Waals surface area (Å²) in [5, 5.41) is 9.30. The molecule has 0 aromatic heterocycles. The predicted molar refractivity (Wildman–Crippen MR) is 61.1 cm³/mol. The Labute approximate surface area is 100 Å². The fraction of sp³-hybridized carbons (Fsp3) is 0.500. The standard InChI is InChI=1S/C14H15F2N/c1-10-4-5-14(7-10,9-17)8-11-2-3-12(15)13(16)6-11/h2-3,6,10H,4-5,7-8H2,1H3. The van der Waals surface area contributed by atoms with Gasteiger partial charge in [0.15, 0.2) is 11.6 Å². The van der Waals surface area contributed by atoms with E-state index in [-0.39, 0.29) is 5.41 Å². The molecule has 1 nitrogen and oxygen atoms in total. The maximum atomic E-state index is 13.1. The largest absolute Gasteiger partial charge is 0.204 e. The first-order valence-electron chi connectivity index (χ1n) is 5.90. The minimum atomic E-state index is -0.834. The van der Waals surface area contributed by atoms with Crippen LogP contribution in [0.1, 0.15) is 31.7 Å². The van der Waals surface area contributed by atoms with E-state index in [0.29, 0.717) is 17.9 Å². The highest BCUT2D eigenvalue weighted by Gasteiger charge is 2.37. The van der Waals surface area contributed by atoms with Crippen LogP contribution in [-0.4, -0.2) is 0 Å². The molecule has 1 saturated carbocycles. The summed E-state index contributed by atoms with van der Waals surface area (Å²) in [6.07, 6.45) is 3.26. The normalized spacial score (nSPS) is 28.0. The van der Waals surface area contributed by atoms with Crippen molar-refractivity contribution in [1.29, 1.82) is 5.26 Å². The molecule has 1 aliphatic carbocycles. The first-order valence-corrected chi connectivity index (χ1v) is 5.90. The van der Waals surface area contributed by atoms with Gasteiger partial charge in [0.25, 0.3) is 0 Å². The van der Waals surface area contributed by atoms with Gasteiger partial charge in [-0.25, -0.2) is 8.78 Å². The molecule has 0 saturated heterocycles. The van der Waals surface area contributed by atoms with Gasteiger partial charge in [0, 0.05) is 0 Å². The van der Waals surface area contributed by atoms with E-state index in [1.54, 1.807) is 6.07 Å². The lowest BCUT2D eigenvalue weighted by atomic mass is 9.81. The molecule has 2 rings (SSSR count). The summed E-state index contributed by atoms with van der Waals surface area (Å²) in [4.78, 5) is 0. The second kappa shape index (κ2) is 4.44. The van der Waals surface area contributed by atoms with Crippen LogP contribution in [0.3, 0.4) is 0 Å². The molecule has 0 bridgehead atoms. The first kappa shape index (κ1) is 12.0. The number of nitrogens with zero attached hydrogens (tertiary/aromatic N) is 1. The van der Waals surface area contributed by atoms with Crippen molar-refractivity contribution in [1.82, 2.24) is 0 Å². The van der Waals surface area contributed by atoms with Gasteiger partial charge in [-0.3, -0.25) is 0 Å². The van der Waals surface area contributed by atoms with Crippen molar-refractivity contribution >= 4 is 0 Å². The second-order valence-corrected chi connectivity index (χ2v) is 5.17. The Morgan fingerprint density at radius 3 is 2.71 bits per heavy atom. The molecule has 1 aromatic carbocycles. The van der Waals surface area contributed by atoms with Crippen molar-refractivity contribution in [3.8, 4) is 6.07 Å². The SMILES string of the molecule is CC1CCC(C#N)(Cc2ccc(F)c(F)c2)C1. The molecule has 2 unspecified atom stereocenters. The highest BCUT2D eigenvalue weighted by Crippen LogP contribution is 2.43. The van der Waals surface area contributed by atoms with Gasteiger partial charge in [0.2, 0.25) is 0 Å². The molecule has 1 fully saturated rings. The fourth-order valence-electron chi connectivity index (χ4n) is 2.74. The van der Waals surface area contributed by atoms with Gasteiger partial charge in [0.1, 0.15) is 0 Å². The zero-order valence-electron chi connectivity index (χ0n) is 9.84. The van der Waals surface area contributed by atoms with E-state index in [4.69, 9.17) is 0 Å². The monoisotopic (exact) mass is 235 g/mol. The quantitative estimate of drug-likeness (QED) is 0.764. The van der Waals surface area contributed by atoms with Gasteiger partial charge in [-0.05, 0) is 49.3 Å². The number of hydrogen-bond acceptors (Lipinski definition) is 1. The average Bonchev–Trinajstić information content (AvgIpc) is 2.66. The Hall–Kier alpha value is -1.43. The Morgan fingerprint density at radius 2 is 2.18 bits per heavy atom. The number of rotatable bonds is 2. The van der Waals surface area contributed by atoms with Crippen molar-refractivity contribution in [3.05, 3.63) is 35.4 Å². The lowest BCUT2D eigenvalue weighted by Crippen LogP contribution is -2.18. The molecule has 0 radical (unpaired) electrons. The zero-order valence-corrected chi connectivity index (χ0v) is 9.84. The van der Waals surface area contributed by atoms with Crippen molar-refractivity contribution in [2.45, 2.75) is 32.6 Å². The molecule has 2 atom stereocenters. The number of nitriles is 1. The summed E-state index contributed by atoms with van der Waals surface area (Å²) in [5.74, 6) is -1.12. The van der Waals surface area contributed by atoms with E-state index in [9.17, 15) is 14.0 Å². The second-order valence-electron chi connectivity index (χ2n) is 5.17. The molecule has 1 aliphatic rings. The van der Waals surface area contributed by atoms with Crippen LogP contribution < -0.4 is 0 Å². The van der Waals surface area contributed by atoms with Gasteiger partial charge in [-0.2, -0.15) is 5.26 Å². The minimum absolute atomic E-state index is 0.385. The molecule has 0 aliphatic heterocycles. The van der Waals surface area contributed by atoms with Gasteiger partial charge < -0.3 is 0 Å². The van der Waals surface area contributed by atoms with Gasteiger partial charge in [-0.1, -0.05) is 13.0 Å². The zero-order chi connectivity index (χ0) is 12.5. The number of halogens is 2. The van der Waals surface area contributed by atoms with Crippen LogP contribution in [0, 0.1) is 34.3 Å². The molecule has 3 heteroatoms. The van der Waals surface area contributed by atoms with Gasteiger partial charge >= 0.3 is 0 Å². The summed E-state index contributed by atoms with van der Waals surface area (Å²) >= 11 is 0. The summed E-state index contributed by atoms with van der Waals surface area (Å²) in [5.41, 5.74) is 0.323. The lowest BCUT2D eigenvalue weighted by molar-refractivity contribution is 0.389. The van der Waals surface area contributed by atoms with E-state index < -0.39 is 11.6 Å². The third kappa shape index (κ3) is 2.46. The van der Waals surface area contributed by atoms with Crippen molar-refractivity contribution in [2.24, 2.45) is 11.3 Å². The lowest BCUT2D eigenvalue weighted by Gasteiger charge is -2.20. The summed E-state index contributed by atoms with van der Waals surface area (Å²) < 4.78 is 25.9. The summed E-state index contributed by atoms with van der Waals surface area (Å²) in [7, 11) is 0. The maximum Gasteiger partial charge on any atom is 0.159 e. The average molecular weight is 235 g/mol. The highest BCUT2D eigenvalue weighted by molar-refractivity contribution is 5.22. The van der Waals surface area contributed by atoms with E-state index in [0.717, 1.165) is 25.3 Å². The molecule has 0 heterocycles. The summed E-state index contributed by atoms with van der Waals surface area (Å²) in [6, 6.07) is 6.28. The van der Waals surface area contributed by atoms with Crippen LogP contribution in [0.5, 0.6) is 0 Å². The van der Waals surface area contributed by atoms with Crippen molar-refractivity contribution in [2.75, 3.05) is 0 Å². The number of hydrogen-bond donors (Lipinski definition) is 0. The van der Waals surface area contributed by atoms with E-state index in [2.05, 4.69) is 13.0 Å². The van der Waals surface area contributed by atoms with Crippen LogP contribution in [0.25, 0.3) is 0 Å². The summed E-state index contributed by atoms with van der Waals surface area (Å²) in [6.45, 7) is 2.13. The van der Waals surface area contributed by atoms with Crippen LogP contribution in [0.2, 0.25) is 0 Å². The Balaban J connectivity index is 2.20. The van der Waals surface area contributed by atoms with Crippen molar-refractivity contribution < 1.29 is 8.78 Å². The van der Waals surface area contributed by atoms with E-state index in [1.165, 1.54) is 6.07 Å². The molecular formula is C14H15F2N. The van der Waals surface area contributed by atoms with Crippen LogP contribution in [0.4, 0.5) is 8.78 Å². The van der Waals surface area contributed by atoms with Gasteiger partial charge in [0.05, 0.1) is 11.5 Å². The predicted octanol–water partition coefficient (Wildman–Crippen LogP) is 3.84. The Kier molecular flexibility index (Phi) is 3.15. The number of benzene rings is 1. The smallest absolute Gasteiger partial charge is 0.159 e. The van der Waals surface area contributed by atoms with E-state index in [1.807, 2.05) is 0 Å². The van der Waals surface area contributed by atoms with E-state index >= 15 is 0 Å². The van der Waals surface area contributed by atoms with Crippen LogP contribution >= 0.6 is 0 Å². The third-order valence-electron chi connectivity index (χ3n) is 3.62. The molecule has 90 valence electrons. The fourth-order valence-corrected chi connectivity index (χ4v) is 2.74. The molecule has 0 spiro atoms. The Bertz CT molecular complexity index is 464. The highest BCUT2D eigenvalue weighted by atomic mass is 19.2. The van der Waals surface area contributed by atoms with Crippen LogP contribution in [0.15, 0.2) is 18.2 Å². The maximum absolute atomic E-state index is 13.1. The molecule has 1 aromatic rings. The minimum Gasteiger partial charge on any atom is -0.204 e. The molecule has 17 heavy (non-hydrogen) atoms.